The third-order valence-corrected chi connectivity index (χ3v) is 4.23. The molecule has 26 heavy (non-hydrogen) atoms. The summed E-state index contributed by atoms with van der Waals surface area (Å²) in [5.41, 5.74) is 4.23. The predicted molar refractivity (Wildman–Crippen MR) is 99.4 cm³/mol. The van der Waals surface area contributed by atoms with Crippen molar-refractivity contribution in [2.24, 2.45) is 0 Å². The van der Waals surface area contributed by atoms with Crippen molar-refractivity contribution in [3.63, 3.8) is 0 Å². The van der Waals surface area contributed by atoms with Crippen LogP contribution in [0.5, 0.6) is 5.75 Å². The lowest BCUT2D eigenvalue weighted by Crippen LogP contribution is -2.02. The molecule has 5 heteroatoms. The Kier molecular flexibility index (Phi) is 5.08. The molecule has 3 aromatic carbocycles. The summed E-state index contributed by atoms with van der Waals surface area (Å²) in [5, 5.41) is 11.2. The maximum Gasteiger partial charge on any atom is 0.311 e. The van der Waals surface area contributed by atoms with Crippen molar-refractivity contribution < 1.29 is 14.5 Å². The van der Waals surface area contributed by atoms with Crippen molar-refractivity contribution in [1.82, 2.24) is 0 Å². The molecule has 0 saturated heterocycles. The number of hydrogen-bond donors (Lipinski definition) is 0. The second kappa shape index (κ2) is 7.61. The van der Waals surface area contributed by atoms with E-state index in [0.717, 1.165) is 22.3 Å². The molecule has 0 N–H and O–H groups in total. The van der Waals surface area contributed by atoms with Crippen LogP contribution in [0.25, 0.3) is 11.1 Å². The fraction of sp³-hybridized carbons (Fsp3) is 0.0952. The highest BCUT2D eigenvalue weighted by Crippen LogP contribution is 2.30. The van der Waals surface area contributed by atoms with E-state index in [4.69, 9.17) is 4.74 Å². The van der Waals surface area contributed by atoms with Crippen LogP contribution in [0.3, 0.4) is 0 Å². The second-order valence-corrected chi connectivity index (χ2v) is 5.85. The maximum atomic E-state index is 11.2. The summed E-state index contributed by atoms with van der Waals surface area (Å²) in [6.07, 6.45) is 0.574. The third kappa shape index (κ3) is 3.62. The zero-order chi connectivity index (χ0) is 18.5. The number of nitrogens with zero attached hydrogens (tertiary/aromatic N) is 1. The van der Waals surface area contributed by atoms with E-state index in [-0.39, 0.29) is 23.6 Å². The Bertz CT molecular complexity index is 951. The predicted octanol–water partition coefficient (Wildman–Crippen LogP) is 4.96. The van der Waals surface area contributed by atoms with Crippen molar-refractivity contribution in [2.45, 2.75) is 13.5 Å². The van der Waals surface area contributed by atoms with Gasteiger partial charge in [-0.1, -0.05) is 48.5 Å². The van der Waals surface area contributed by atoms with Crippen LogP contribution in [-0.4, -0.2) is 11.2 Å². The highest BCUT2D eigenvalue weighted by atomic mass is 16.6. The molecule has 3 rings (SSSR count). The van der Waals surface area contributed by atoms with Crippen LogP contribution in [-0.2, 0) is 6.61 Å². The fourth-order valence-corrected chi connectivity index (χ4v) is 2.80. The summed E-state index contributed by atoms with van der Waals surface area (Å²) in [4.78, 5) is 21.5. The lowest BCUT2D eigenvalue weighted by molar-refractivity contribution is -0.386. The van der Waals surface area contributed by atoms with E-state index in [1.54, 1.807) is 0 Å². The minimum atomic E-state index is -0.546. The van der Waals surface area contributed by atoms with Gasteiger partial charge in [0.05, 0.1) is 4.92 Å². The first-order valence-electron chi connectivity index (χ1n) is 8.10. The largest absolute Gasteiger partial charge is 0.482 e. The summed E-state index contributed by atoms with van der Waals surface area (Å²) in [6, 6.07) is 20.1. The average Bonchev–Trinajstić information content (AvgIpc) is 2.67. The first-order chi connectivity index (χ1) is 12.6. The van der Waals surface area contributed by atoms with Gasteiger partial charge in [-0.25, -0.2) is 0 Å². The van der Waals surface area contributed by atoms with Gasteiger partial charge in [-0.2, -0.15) is 0 Å². The number of benzene rings is 3. The molecule has 0 aliphatic heterocycles. The third-order valence-electron chi connectivity index (χ3n) is 4.23. The van der Waals surface area contributed by atoms with Crippen LogP contribution in [0.2, 0.25) is 0 Å². The van der Waals surface area contributed by atoms with E-state index < -0.39 is 4.92 Å². The molecule has 0 atom stereocenters. The average molecular weight is 347 g/mol. The lowest BCUT2D eigenvalue weighted by atomic mass is 9.97. The molecule has 0 aliphatic rings. The maximum absolute atomic E-state index is 11.2. The lowest BCUT2D eigenvalue weighted by Gasteiger charge is -2.13. The van der Waals surface area contributed by atoms with Crippen LogP contribution in [0.4, 0.5) is 5.69 Å². The number of rotatable bonds is 6. The molecule has 0 fully saturated rings. The number of nitro benzene ring substituents is 1. The molecule has 0 heterocycles. The standard InChI is InChI=1S/C21H17NO4/c1-15-18(8-5-9-19(15)17-6-3-2-4-7-17)14-26-21-11-10-16(13-23)12-20(21)22(24)25/h2-13H,14H2,1H3. The van der Waals surface area contributed by atoms with E-state index in [1.807, 2.05) is 55.5 Å². The Balaban J connectivity index is 1.87. The van der Waals surface area contributed by atoms with Gasteiger partial charge in [0.1, 0.15) is 12.9 Å². The monoisotopic (exact) mass is 347 g/mol. The van der Waals surface area contributed by atoms with E-state index >= 15 is 0 Å². The number of ether oxygens (including phenoxy) is 1. The van der Waals surface area contributed by atoms with Crippen molar-refractivity contribution in [3.05, 3.63) is 93.5 Å². The molecule has 0 bridgehead atoms. The van der Waals surface area contributed by atoms with Crippen LogP contribution in [0, 0.1) is 17.0 Å². The molecule has 5 nitrogen and oxygen atoms in total. The van der Waals surface area contributed by atoms with Gasteiger partial charge >= 0.3 is 5.69 Å². The Hall–Kier alpha value is -3.47. The summed E-state index contributed by atoms with van der Waals surface area (Å²) in [6.45, 7) is 2.21. The molecule has 0 radical (unpaired) electrons. The Morgan fingerprint density at radius 3 is 2.50 bits per heavy atom. The SMILES string of the molecule is Cc1c(COc2ccc(C=O)cc2[N+](=O)[O-])cccc1-c1ccccc1. The second-order valence-electron chi connectivity index (χ2n) is 5.85. The van der Waals surface area contributed by atoms with Gasteiger partial charge in [0.15, 0.2) is 5.75 Å². The normalized spacial score (nSPS) is 10.3. The molecule has 0 aliphatic carbocycles. The van der Waals surface area contributed by atoms with Crippen LogP contribution < -0.4 is 4.74 Å². The van der Waals surface area contributed by atoms with E-state index in [2.05, 4.69) is 0 Å². The van der Waals surface area contributed by atoms with E-state index in [0.29, 0.717) is 6.29 Å². The van der Waals surface area contributed by atoms with Gasteiger partial charge in [0.2, 0.25) is 0 Å². The van der Waals surface area contributed by atoms with E-state index in [9.17, 15) is 14.9 Å². The number of nitro groups is 1. The minimum absolute atomic E-state index is 0.144. The molecular formula is C21H17NO4. The highest BCUT2D eigenvalue weighted by Gasteiger charge is 2.16. The smallest absolute Gasteiger partial charge is 0.311 e. The first-order valence-corrected chi connectivity index (χ1v) is 8.10. The Labute approximate surface area is 151 Å². The fourth-order valence-electron chi connectivity index (χ4n) is 2.80. The first kappa shape index (κ1) is 17.4. The van der Waals surface area contributed by atoms with E-state index in [1.165, 1.54) is 18.2 Å². The summed E-state index contributed by atoms with van der Waals surface area (Å²) < 4.78 is 5.70. The quantitative estimate of drug-likeness (QED) is 0.359. The van der Waals surface area contributed by atoms with Gasteiger partial charge in [-0.3, -0.25) is 14.9 Å². The molecule has 3 aromatic rings. The van der Waals surface area contributed by atoms with Crippen molar-refractivity contribution >= 4 is 12.0 Å². The molecule has 0 amide bonds. The Morgan fingerprint density at radius 1 is 1.04 bits per heavy atom. The number of carbonyl (C=O) groups excluding carboxylic acids is 1. The number of carbonyl (C=O) groups is 1. The van der Waals surface area contributed by atoms with Gasteiger partial charge in [0, 0.05) is 11.6 Å². The summed E-state index contributed by atoms with van der Waals surface area (Å²) >= 11 is 0. The topological polar surface area (TPSA) is 69.4 Å². The minimum Gasteiger partial charge on any atom is -0.482 e. The van der Waals surface area contributed by atoms with Gasteiger partial charge in [-0.05, 0) is 41.3 Å². The highest BCUT2D eigenvalue weighted by molar-refractivity contribution is 5.77. The molecular weight excluding hydrogens is 330 g/mol. The van der Waals surface area contributed by atoms with Crippen molar-refractivity contribution in [2.75, 3.05) is 0 Å². The Morgan fingerprint density at radius 2 is 1.81 bits per heavy atom. The van der Waals surface area contributed by atoms with Gasteiger partial charge in [-0.15, -0.1) is 0 Å². The van der Waals surface area contributed by atoms with Gasteiger partial charge in [0.25, 0.3) is 0 Å². The van der Waals surface area contributed by atoms with Crippen LogP contribution in [0.1, 0.15) is 21.5 Å². The van der Waals surface area contributed by atoms with Gasteiger partial charge < -0.3 is 4.74 Å². The molecule has 0 saturated carbocycles. The zero-order valence-electron chi connectivity index (χ0n) is 14.2. The molecule has 0 spiro atoms. The number of aldehydes is 1. The zero-order valence-corrected chi connectivity index (χ0v) is 14.2. The van der Waals surface area contributed by atoms with Crippen LogP contribution in [0.15, 0.2) is 66.7 Å². The summed E-state index contributed by atoms with van der Waals surface area (Å²) in [5.74, 6) is 0.144. The number of hydrogen-bond acceptors (Lipinski definition) is 4. The van der Waals surface area contributed by atoms with Crippen molar-refractivity contribution in [3.8, 4) is 16.9 Å². The van der Waals surface area contributed by atoms with Crippen molar-refractivity contribution in [1.29, 1.82) is 0 Å². The molecule has 130 valence electrons. The molecule has 0 unspecified atom stereocenters. The summed E-state index contributed by atoms with van der Waals surface area (Å²) in [7, 11) is 0. The molecule has 0 aromatic heterocycles. The van der Waals surface area contributed by atoms with Crippen LogP contribution >= 0.6 is 0 Å².